The van der Waals surface area contributed by atoms with E-state index in [4.69, 9.17) is 10.8 Å². The van der Waals surface area contributed by atoms with Crippen LogP contribution in [0.25, 0.3) is 0 Å². The van der Waals surface area contributed by atoms with Crippen molar-refractivity contribution in [2.45, 2.75) is 32.7 Å². The van der Waals surface area contributed by atoms with Gasteiger partial charge in [0.25, 0.3) is 0 Å². The van der Waals surface area contributed by atoms with E-state index in [0.717, 1.165) is 25.9 Å². The van der Waals surface area contributed by atoms with Crippen molar-refractivity contribution in [2.24, 2.45) is 0 Å². The Kier molecular flexibility index (Phi) is 6.31. The van der Waals surface area contributed by atoms with Crippen LogP contribution in [0.1, 0.15) is 37.0 Å². The third-order valence-electron chi connectivity index (χ3n) is 3.43. The van der Waals surface area contributed by atoms with Crippen molar-refractivity contribution in [3.63, 3.8) is 0 Å². The molecule has 0 unspecified atom stereocenters. The van der Waals surface area contributed by atoms with Crippen LogP contribution in [0, 0.1) is 0 Å². The van der Waals surface area contributed by atoms with Gasteiger partial charge in [-0.25, -0.2) is 4.79 Å². The molecule has 0 radical (unpaired) electrons. The monoisotopic (exact) mass is 279 g/mol. The summed E-state index contributed by atoms with van der Waals surface area (Å²) >= 11 is 0. The number of nitrogen functional groups attached to an aromatic ring is 1. The van der Waals surface area contributed by atoms with Crippen LogP contribution in [0.2, 0.25) is 0 Å². The first-order chi connectivity index (χ1) is 9.41. The molecule has 0 heterocycles. The summed E-state index contributed by atoms with van der Waals surface area (Å²) in [6.07, 6.45) is 2.12. The first kappa shape index (κ1) is 16.3. The minimum atomic E-state index is -0.938. The Hall–Kier alpha value is -1.75. The summed E-state index contributed by atoms with van der Waals surface area (Å²) < 4.78 is 0. The summed E-state index contributed by atoms with van der Waals surface area (Å²) in [6, 6.07) is 5.28. The minimum Gasteiger partial charge on any atom is -0.478 e. The second-order valence-electron chi connectivity index (χ2n) is 5.32. The van der Waals surface area contributed by atoms with Crippen molar-refractivity contribution in [3.05, 3.63) is 23.8 Å². The lowest BCUT2D eigenvalue weighted by Gasteiger charge is -2.20. The van der Waals surface area contributed by atoms with Gasteiger partial charge < -0.3 is 21.1 Å². The molecule has 1 aromatic rings. The van der Waals surface area contributed by atoms with Gasteiger partial charge in [-0.15, -0.1) is 0 Å². The smallest absolute Gasteiger partial charge is 0.335 e. The molecule has 0 aliphatic carbocycles. The molecule has 5 nitrogen and oxygen atoms in total. The molecule has 1 rings (SSSR count). The number of carboxylic acids is 1. The van der Waals surface area contributed by atoms with Gasteiger partial charge in [0.15, 0.2) is 0 Å². The molecule has 4 N–H and O–H groups in total. The van der Waals surface area contributed by atoms with Crippen molar-refractivity contribution in [1.29, 1.82) is 0 Å². The third-order valence-corrected chi connectivity index (χ3v) is 3.43. The van der Waals surface area contributed by atoms with E-state index in [0.29, 0.717) is 17.4 Å². The lowest BCUT2D eigenvalue weighted by Crippen LogP contribution is -2.27. The highest BCUT2D eigenvalue weighted by molar-refractivity contribution is 5.90. The fourth-order valence-corrected chi connectivity index (χ4v) is 1.81. The van der Waals surface area contributed by atoms with Crippen LogP contribution in [0.3, 0.4) is 0 Å². The van der Waals surface area contributed by atoms with Crippen LogP contribution in [-0.4, -0.2) is 42.2 Å². The molecule has 0 spiro atoms. The number of carbonyl (C=O) groups is 1. The molecule has 20 heavy (non-hydrogen) atoms. The standard InChI is InChI=1S/C15H25N3O2/c1-11(2)18(3)9-5-4-8-17-14-10-12(15(19)20)6-7-13(14)16/h6-7,10-11,17H,4-5,8-9,16H2,1-3H3,(H,19,20). The van der Waals surface area contributed by atoms with Crippen LogP contribution >= 0.6 is 0 Å². The Bertz CT molecular complexity index is 447. The van der Waals surface area contributed by atoms with Crippen LogP contribution < -0.4 is 11.1 Å². The Morgan fingerprint density at radius 1 is 1.40 bits per heavy atom. The number of benzene rings is 1. The molecule has 0 amide bonds. The zero-order valence-electron chi connectivity index (χ0n) is 12.5. The van der Waals surface area contributed by atoms with E-state index in [-0.39, 0.29) is 5.56 Å². The maximum absolute atomic E-state index is 10.9. The first-order valence-corrected chi connectivity index (χ1v) is 6.98. The lowest BCUT2D eigenvalue weighted by molar-refractivity contribution is 0.0697. The number of aromatic carboxylic acids is 1. The maximum atomic E-state index is 10.9. The number of rotatable bonds is 8. The van der Waals surface area contributed by atoms with Gasteiger partial charge in [0.05, 0.1) is 16.9 Å². The van der Waals surface area contributed by atoms with Gasteiger partial charge in [0.1, 0.15) is 0 Å². The SMILES string of the molecule is CC(C)N(C)CCCCNc1cc(C(=O)O)ccc1N. The van der Waals surface area contributed by atoms with Crippen molar-refractivity contribution in [1.82, 2.24) is 4.90 Å². The van der Waals surface area contributed by atoms with Crippen LogP contribution in [-0.2, 0) is 0 Å². The number of hydrogen-bond acceptors (Lipinski definition) is 4. The highest BCUT2D eigenvalue weighted by Gasteiger charge is 2.06. The molecule has 1 aromatic carbocycles. The molecule has 112 valence electrons. The maximum Gasteiger partial charge on any atom is 0.335 e. The van der Waals surface area contributed by atoms with E-state index in [9.17, 15) is 4.79 Å². The van der Waals surface area contributed by atoms with Gasteiger partial charge in [0.2, 0.25) is 0 Å². The summed E-state index contributed by atoms with van der Waals surface area (Å²) in [5, 5.41) is 12.2. The van der Waals surface area contributed by atoms with Gasteiger partial charge in [-0.1, -0.05) is 0 Å². The molecule has 0 aliphatic rings. The van der Waals surface area contributed by atoms with Gasteiger partial charge in [-0.3, -0.25) is 0 Å². The number of nitrogens with zero attached hydrogens (tertiary/aromatic N) is 1. The molecule has 5 heteroatoms. The largest absolute Gasteiger partial charge is 0.478 e. The predicted molar refractivity (Wildman–Crippen MR) is 83.3 cm³/mol. The normalized spacial score (nSPS) is 11.1. The third kappa shape index (κ3) is 5.09. The first-order valence-electron chi connectivity index (χ1n) is 6.98. The van der Waals surface area contributed by atoms with Gasteiger partial charge >= 0.3 is 5.97 Å². The summed E-state index contributed by atoms with van der Waals surface area (Å²) in [5.41, 5.74) is 7.35. The Balaban J connectivity index is 2.38. The summed E-state index contributed by atoms with van der Waals surface area (Å²) in [4.78, 5) is 13.2. The number of hydrogen-bond donors (Lipinski definition) is 3. The molecule has 0 saturated heterocycles. The average molecular weight is 279 g/mol. The predicted octanol–water partition coefficient (Wildman–Crippen LogP) is 2.50. The minimum absolute atomic E-state index is 0.251. The zero-order valence-corrected chi connectivity index (χ0v) is 12.5. The summed E-state index contributed by atoms with van der Waals surface area (Å²) in [7, 11) is 2.12. The second-order valence-corrected chi connectivity index (χ2v) is 5.32. The zero-order chi connectivity index (χ0) is 15.1. The van der Waals surface area contributed by atoms with Gasteiger partial charge in [0, 0.05) is 12.6 Å². The van der Waals surface area contributed by atoms with Crippen molar-refractivity contribution < 1.29 is 9.90 Å². The number of anilines is 2. The van der Waals surface area contributed by atoms with E-state index >= 15 is 0 Å². The summed E-state index contributed by atoms with van der Waals surface area (Å²) in [6.45, 7) is 6.20. The van der Waals surface area contributed by atoms with Crippen LogP contribution in [0.15, 0.2) is 18.2 Å². The number of nitrogens with two attached hydrogens (primary N) is 1. The average Bonchev–Trinajstić information content (AvgIpc) is 2.39. The Labute approximate surface area is 120 Å². The van der Waals surface area contributed by atoms with E-state index < -0.39 is 5.97 Å². The molecule has 0 bridgehead atoms. The molecule has 0 atom stereocenters. The van der Waals surface area contributed by atoms with Crippen molar-refractivity contribution in [2.75, 3.05) is 31.2 Å². The topological polar surface area (TPSA) is 78.6 Å². The molecular weight excluding hydrogens is 254 g/mol. The fraction of sp³-hybridized carbons (Fsp3) is 0.533. The fourth-order valence-electron chi connectivity index (χ4n) is 1.81. The quantitative estimate of drug-likeness (QED) is 0.503. The Morgan fingerprint density at radius 3 is 2.70 bits per heavy atom. The van der Waals surface area contributed by atoms with Gasteiger partial charge in [-0.05, 0) is 58.5 Å². The van der Waals surface area contributed by atoms with E-state index in [1.165, 1.54) is 6.07 Å². The number of nitrogens with one attached hydrogen (secondary N) is 1. The molecule has 0 aliphatic heterocycles. The van der Waals surface area contributed by atoms with E-state index in [1.54, 1.807) is 12.1 Å². The highest BCUT2D eigenvalue weighted by atomic mass is 16.4. The summed E-state index contributed by atoms with van der Waals surface area (Å²) in [5.74, 6) is -0.938. The van der Waals surface area contributed by atoms with Crippen molar-refractivity contribution >= 4 is 17.3 Å². The van der Waals surface area contributed by atoms with Gasteiger partial charge in [-0.2, -0.15) is 0 Å². The number of carboxylic acid groups (broad SMARTS) is 1. The molecule has 0 aromatic heterocycles. The van der Waals surface area contributed by atoms with E-state index in [2.05, 4.69) is 31.1 Å². The Morgan fingerprint density at radius 2 is 2.10 bits per heavy atom. The van der Waals surface area contributed by atoms with Crippen LogP contribution in [0.4, 0.5) is 11.4 Å². The van der Waals surface area contributed by atoms with Crippen molar-refractivity contribution in [3.8, 4) is 0 Å². The molecular formula is C15H25N3O2. The molecule has 0 saturated carbocycles. The van der Waals surface area contributed by atoms with Crippen LogP contribution in [0.5, 0.6) is 0 Å². The van der Waals surface area contributed by atoms with E-state index in [1.807, 2.05) is 0 Å². The molecule has 0 fully saturated rings. The number of unbranched alkanes of at least 4 members (excludes halogenated alkanes) is 1. The lowest BCUT2D eigenvalue weighted by atomic mass is 10.1. The highest BCUT2D eigenvalue weighted by Crippen LogP contribution is 2.20. The second kappa shape index (κ2) is 7.75.